The van der Waals surface area contributed by atoms with Crippen molar-refractivity contribution in [3.8, 4) is 0 Å². The Hall–Kier alpha value is -2.11. The standard InChI is InChI=1S/C21H19ClFNO2S/c1-11(2)27-19-18(15-7-5-12(3)9-13(15)4)20(25)24(21(19)26)14-6-8-17(23)16(22)10-14/h5-11H,1-4H3. The largest absolute Gasteiger partial charge is 0.272 e. The summed E-state index contributed by atoms with van der Waals surface area (Å²) in [5, 5.41) is -0.0135. The molecule has 0 atom stereocenters. The normalized spacial score (nSPS) is 14.7. The van der Waals surface area contributed by atoms with Crippen molar-refractivity contribution in [3.05, 3.63) is 68.8 Å². The monoisotopic (exact) mass is 403 g/mol. The fourth-order valence-corrected chi connectivity index (χ4v) is 4.20. The van der Waals surface area contributed by atoms with E-state index < -0.39 is 17.6 Å². The quantitative estimate of drug-likeness (QED) is 0.630. The SMILES string of the molecule is Cc1ccc(C2=C(SC(C)C)C(=O)N(c3ccc(F)c(Cl)c3)C2=O)c(C)c1. The maximum absolute atomic E-state index is 13.5. The molecular formula is C21H19ClFNO2S. The van der Waals surface area contributed by atoms with Crippen LogP contribution in [-0.4, -0.2) is 17.1 Å². The van der Waals surface area contributed by atoms with Crippen LogP contribution < -0.4 is 4.90 Å². The fourth-order valence-electron chi connectivity index (χ4n) is 3.04. The Balaban J connectivity index is 2.15. The lowest BCUT2D eigenvalue weighted by Gasteiger charge is -2.16. The van der Waals surface area contributed by atoms with Gasteiger partial charge in [-0.15, -0.1) is 11.8 Å². The molecule has 0 spiro atoms. The number of anilines is 1. The Labute approximate surface area is 167 Å². The average molecular weight is 404 g/mol. The number of amides is 2. The van der Waals surface area contributed by atoms with Crippen LogP contribution >= 0.6 is 23.4 Å². The van der Waals surface area contributed by atoms with Gasteiger partial charge in [0, 0.05) is 5.25 Å². The van der Waals surface area contributed by atoms with E-state index in [1.807, 2.05) is 45.9 Å². The number of carbonyl (C=O) groups is 2. The first kappa shape index (κ1) is 19.6. The second kappa shape index (κ2) is 7.49. The molecule has 0 bridgehead atoms. The van der Waals surface area contributed by atoms with Gasteiger partial charge in [0.1, 0.15) is 5.82 Å². The highest BCUT2D eigenvalue weighted by Gasteiger charge is 2.41. The lowest BCUT2D eigenvalue weighted by molar-refractivity contribution is -0.119. The van der Waals surface area contributed by atoms with Crippen molar-refractivity contribution in [2.45, 2.75) is 32.9 Å². The second-order valence-corrected chi connectivity index (χ2v) is 8.73. The predicted octanol–water partition coefficient (Wildman–Crippen LogP) is 5.52. The number of halogens is 2. The van der Waals surface area contributed by atoms with E-state index >= 15 is 0 Å². The molecule has 1 heterocycles. The topological polar surface area (TPSA) is 37.4 Å². The molecule has 3 nitrogen and oxygen atoms in total. The summed E-state index contributed by atoms with van der Waals surface area (Å²) in [7, 11) is 0. The molecule has 0 aromatic heterocycles. The Bertz CT molecular complexity index is 984. The van der Waals surface area contributed by atoms with Crippen LogP contribution in [0, 0.1) is 19.7 Å². The van der Waals surface area contributed by atoms with Crippen LogP contribution in [0.3, 0.4) is 0 Å². The van der Waals surface area contributed by atoms with Crippen LogP contribution in [0.4, 0.5) is 10.1 Å². The maximum Gasteiger partial charge on any atom is 0.272 e. The number of thioether (sulfide) groups is 1. The van der Waals surface area contributed by atoms with Crippen LogP contribution in [0.5, 0.6) is 0 Å². The van der Waals surface area contributed by atoms with Crippen molar-refractivity contribution >= 4 is 46.4 Å². The minimum Gasteiger partial charge on any atom is -0.268 e. The summed E-state index contributed by atoms with van der Waals surface area (Å²) in [6.07, 6.45) is 0. The number of benzene rings is 2. The lowest BCUT2D eigenvalue weighted by Crippen LogP contribution is -2.31. The van der Waals surface area contributed by atoms with E-state index in [1.165, 1.54) is 23.9 Å². The first-order valence-corrected chi connectivity index (χ1v) is 9.79. The summed E-state index contributed by atoms with van der Waals surface area (Å²) in [6, 6.07) is 9.61. The molecule has 0 aliphatic carbocycles. The van der Waals surface area contributed by atoms with Crippen molar-refractivity contribution < 1.29 is 14.0 Å². The van der Waals surface area contributed by atoms with Crippen molar-refractivity contribution in [3.63, 3.8) is 0 Å². The minimum atomic E-state index is -0.598. The van der Waals surface area contributed by atoms with Crippen LogP contribution in [-0.2, 0) is 9.59 Å². The molecule has 0 N–H and O–H groups in total. The fraction of sp³-hybridized carbons (Fsp3) is 0.238. The van der Waals surface area contributed by atoms with E-state index in [4.69, 9.17) is 11.6 Å². The van der Waals surface area contributed by atoms with Crippen LogP contribution in [0.15, 0.2) is 41.3 Å². The molecule has 0 radical (unpaired) electrons. The molecule has 27 heavy (non-hydrogen) atoms. The molecule has 140 valence electrons. The van der Waals surface area contributed by atoms with E-state index in [9.17, 15) is 14.0 Å². The van der Waals surface area contributed by atoms with E-state index in [1.54, 1.807) is 0 Å². The molecule has 0 unspecified atom stereocenters. The highest BCUT2D eigenvalue weighted by atomic mass is 35.5. The third-order valence-corrected chi connectivity index (χ3v) is 5.58. The summed E-state index contributed by atoms with van der Waals surface area (Å²) in [5.74, 6) is -1.42. The van der Waals surface area contributed by atoms with E-state index in [2.05, 4.69) is 0 Å². The summed E-state index contributed by atoms with van der Waals surface area (Å²) < 4.78 is 13.5. The number of aryl methyl sites for hydroxylation is 2. The molecular weight excluding hydrogens is 385 g/mol. The molecule has 1 aliphatic heterocycles. The molecule has 1 aliphatic rings. The molecule has 2 aromatic rings. The van der Waals surface area contributed by atoms with E-state index in [-0.39, 0.29) is 16.0 Å². The lowest BCUT2D eigenvalue weighted by atomic mass is 9.99. The van der Waals surface area contributed by atoms with Crippen LogP contribution in [0.25, 0.3) is 5.57 Å². The summed E-state index contributed by atoms with van der Waals surface area (Å²) in [4.78, 5) is 27.8. The zero-order chi connectivity index (χ0) is 19.9. The molecule has 0 saturated heterocycles. The minimum absolute atomic E-state index is 0.120. The van der Waals surface area contributed by atoms with Crippen LogP contribution in [0.1, 0.15) is 30.5 Å². The van der Waals surface area contributed by atoms with Gasteiger partial charge in [-0.2, -0.15) is 0 Å². The predicted molar refractivity (Wildman–Crippen MR) is 109 cm³/mol. The first-order chi connectivity index (χ1) is 12.7. The summed E-state index contributed by atoms with van der Waals surface area (Å²) in [6.45, 7) is 7.82. The summed E-state index contributed by atoms with van der Waals surface area (Å²) >= 11 is 7.22. The highest BCUT2D eigenvalue weighted by Crippen LogP contribution is 2.41. The van der Waals surface area contributed by atoms with Gasteiger partial charge in [0.25, 0.3) is 11.8 Å². The van der Waals surface area contributed by atoms with E-state index in [0.29, 0.717) is 10.5 Å². The zero-order valence-electron chi connectivity index (χ0n) is 15.5. The van der Waals surface area contributed by atoms with Gasteiger partial charge in [-0.05, 0) is 43.2 Å². The Kier molecular flexibility index (Phi) is 5.45. The average Bonchev–Trinajstić information content (AvgIpc) is 2.81. The van der Waals surface area contributed by atoms with Crippen molar-refractivity contribution in [2.75, 3.05) is 4.90 Å². The number of imide groups is 1. The molecule has 0 saturated carbocycles. The van der Waals surface area contributed by atoms with Gasteiger partial charge in [0.05, 0.1) is 21.2 Å². The second-order valence-electron chi connectivity index (χ2n) is 6.73. The third kappa shape index (κ3) is 3.66. The van der Waals surface area contributed by atoms with Gasteiger partial charge in [0.15, 0.2) is 0 Å². The Morgan fingerprint density at radius 3 is 2.33 bits per heavy atom. The van der Waals surface area contributed by atoms with Crippen molar-refractivity contribution in [1.29, 1.82) is 0 Å². The van der Waals surface area contributed by atoms with Crippen molar-refractivity contribution in [1.82, 2.24) is 0 Å². The summed E-state index contributed by atoms with van der Waals surface area (Å²) in [5.41, 5.74) is 3.38. The number of hydrogen-bond acceptors (Lipinski definition) is 3. The van der Waals surface area contributed by atoms with Gasteiger partial charge in [0.2, 0.25) is 0 Å². The number of carbonyl (C=O) groups excluding carboxylic acids is 2. The van der Waals surface area contributed by atoms with Crippen LogP contribution in [0.2, 0.25) is 5.02 Å². The van der Waals surface area contributed by atoms with Gasteiger partial charge >= 0.3 is 0 Å². The molecule has 3 rings (SSSR count). The number of rotatable bonds is 4. The van der Waals surface area contributed by atoms with Crippen molar-refractivity contribution in [2.24, 2.45) is 0 Å². The van der Waals surface area contributed by atoms with Gasteiger partial charge in [-0.1, -0.05) is 49.2 Å². The molecule has 2 aromatic carbocycles. The number of nitrogens with zero attached hydrogens (tertiary/aromatic N) is 1. The third-order valence-electron chi connectivity index (χ3n) is 4.21. The van der Waals surface area contributed by atoms with E-state index in [0.717, 1.165) is 27.7 Å². The smallest absolute Gasteiger partial charge is 0.268 e. The first-order valence-electron chi connectivity index (χ1n) is 8.53. The highest BCUT2D eigenvalue weighted by molar-refractivity contribution is 8.04. The molecule has 2 amide bonds. The maximum atomic E-state index is 13.5. The van der Waals surface area contributed by atoms with Gasteiger partial charge < -0.3 is 0 Å². The molecule has 6 heteroatoms. The Morgan fingerprint density at radius 2 is 1.74 bits per heavy atom. The van der Waals surface area contributed by atoms with Gasteiger partial charge in [-0.3, -0.25) is 9.59 Å². The molecule has 0 fully saturated rings. The number of hydrogen-bond donors (Lipinski definition) is 0. The zero-order valence-corrected chi connectivity index (χ0v) is 17.0. The van der Waals surface area contributed by atoms with Gasteiger partial charge in [-0.25, -0.2) is 9.29 Å². The Morgan fingerprint density at radius 1 is 1.04 bits per heavy atom.